The molecule has 2 heterocycles. The summed E-state index contributed by atoms with van der Waals surface area (Å²) in [4.78, 5) is 40.3. The lowest BCUT2D eigenvalue weighted by Crippen LogP contribution is -2.39. The molecule has 0 aliphatic carbocycles. The number of aliphatic hydroxyl groups is 1. The second-order valence-corrected chi connectivity index (χ2v) is 11.0. The smallest absolute Gasteiger partial charge is 0.261 e. The number of aliphatic hydroxyl groups excluding tert-OH is 1. The van der Waals surface area contributed by atoms with Crippen LogP contribution >= 0.6 is 0 Å². The summed E-state index contributed by atoms with van der Waals surface area (Å²) in [7, 11) is 0. The summed E-state index contributed by atoms with van der Waals surface area (Å²) in [5, 5.41) is 15.9. The largest absolute Gasteiger partial charge is 0.464 e. The highest BCUT2D eigenvalue weighted by Crippen LogP contribution is 2.40. The van der Waals surface area contributed by atoms with Crippen molar-refractivity contribution >= 4 is 28.7 Å². The topological polar surface area (TPSA) is 112 Å². The fraction of sp³-hybridized carbons (Fsp3) is 0.300. The van der Waals surface area contributed by atoms with E-state index in [4.69, 9.17) is 4.42 Å². The molecule has 39 heavy (non-hydrogen) atoms. The van der Waals surface area contributed by atoms with Gasteiger partial charge in [-0.2, -0.15) is 0 Å². The van der Waals surface area contributed by atoms with Gasteiger partial charge >= 0.3 is 0 Å². The van der Waals surface area contributed by atoms with Gasteiger partial charge in [0.2, 0.25) is 0 Å². The Morgan fingerprint density at radius 1 is 1.05 bits per heavy atom. The first-order valence-corrected chi connectivity index (χ1v) is 12.7. The van der Waals surface area contributed by atoms with Crippen LogP contribution in [0, 0.1) is 25.1 Å². The van der Waals surface area contributed by atoms with Gasteiger partial charge in [0.1, 0.15) is 28.7 Å². The normalized spacial score (nSPS) is 14.1. The van der Waals surface area contributed by atoms with Crippen LogP contribution in [-0.4, -0.2) is 11.0 Å². The monoisotopic (exact) mass is 531 g/mol. The highest BCUT2D eigenvalue weighted by Gasteiger charge is 2.37. The van der Waals surface area contributed by atoms with Gasteiger partial charge in [-0.1, -0.05) is 39.0 Å². The average molecular weight is 532 g/mol. The minimum Gasteiger partial charge on any atom is -0.464 e. The van der Waals surface area contributed by atoms with Crippen LogP contribution in [0.1, 0.15) is 65.4 Å². The molecule has 3 N–H and O–H groups in total. The van der Waals surface area contributed by atoms with Crippen molar-refractivity contribution in [1.29, 1.82) is 0 Å². The third-order valence-electron chi connectivity index (χ3n) is 7.28. The molecule has 9 heteroatoms. The number of nitrogens with one attached hydrogen (secondary N) is 2. The molecular formula is C30H30FN3O5. The second kappa shape index (κ2) is 9.50. The number of halogens is 1. The molecule has 0 spiro atoms. The van der Waals surface area contributed by atoms with Crippen molar-refractivity contribution in [3.63, 3.8) is 0 Å². The molecule has 0 radical (unpaired) electrons. The number of rotatable bonds is 7. The first kappa shape index (κ1) is 26.4. The minimum atomic E-state index is -0.733. The molecule has 1 amide bonds. The number of furan rings is 1. The van der Waals surface area contributed by atoms with Crippen molar-refractivity contribution in [3.8, 4) is 0 Å². The third kappa shape index (κ3) is 4.42. The van der Waals surface area contributed by atoms with Crippen LogP contribution in [0.25, 0.3) is 0 Å². The zero-order valence-electron chi connectivity index (χ0n) is 22.4. The number of nitrogens with zero attached hydrogens (tertiary/aromatic N) is 1. The Morgan fingerprint density at radius 2 is 1.74 bits per heavy atom. The van der Waals surface area contributed by atoms with E-state index in [0.717, 1.165) is 11.3 Å². The lowest BCUT2D eigenvalue weighted by Gasteiger charge is -2.31. The fourth-order valence-electron chi connectivity index (χ4n) is 4.98. The molecule has 1 aliphatic heterocycles. The van der Waals surface area contributed by atoms with Crippen LogP contribution in [0.5, 0.6) is 0 Å². The second-order valence-electron chi connectivity index (χ2n) is 11.0. The zero-order chi connectivity index (χ0) is 28.2. The minimum absolute atomic E-state index is 0.00469. The Labute approximate surface area is 224 Å². The maximum atomic E-state index is 14.9. The van der Waals surface area contributed by atoms with E-state index >= 15 is 0 Å². The summed E-state index contributed by atoms with van der Waals surface area (Å²) in [6.45, 7) is 9.43. The summed E-state index contributed by atoms with van der Waals surface area (Å²) in [6.07, 6.45) is 0. The van der Waals surface area contributed by atoms with Gasteiger partial charge < -0.3 is 25.1 Å². The van der Waals surface area contributed by atoms with E-state index in [9.17, 15) is 23.9 Å². The van der Waals surface area contributed by atoms with E-state index in [1.807, 2.05) is 40.7 Å². The summed E-state index contributed by atoms with van der Waals surface area (Å²) < 4.78 is 20.8. The maximum Gasteiger partial charge on any atom is 0.261 e. The molecular weight excluding hydrogens is 501 g/mol. The highest BCUT2D eigenvalue weighted by atomic mass is 19.1. The van der Waals surface area contributed by atoms with Gasteiger partial charge in [-0.25, -0.2) is 4.39 Å². The number of anilines is 4. The number of carbonyl (C=O) groups excluding carboxylic acids is 1. The summed E-state index contributed by atoms with van der Waals surface area (Å²) >= 11 is 0. The molecule has 1 atom stereocenters. The molecule has 202 valence electrons. The summed E-state index contributed by atoms with van der Waals surface area (Å²) in [5.41, 5.74) is 0.706. The molecule has 0 unspecified atom stereocenters. The summed E-state index contributed by atoms with van der Waals surface area (Å²) in [6, 6.07) is 10.9. The van der Waals surface area contributed by atoms with Gasteiger partial charge in [0, 0.05) is 16.8 Å². The van der Waals surface area contributed by atoms with E-state index in [1.54, 1.807) is 24.3 Å². The maximum absolute atomic E-state index is 14.9. The number of carbonyl (C=O) groups is 1. The van der Waals surface area contributed by atoms with Crippen molar-refractivity contribution in [3.05, 3.63) is 103 Å². The average Bonchev–Trinajstić information content (AvgIpc) is 3.42. The van der Waals surface area contributed by atoms with Gasteiger partial charge in [-0.05, 0) is 49.1 Å². The van der Waals surface area contributed by atoms with Crippen molar-refractivity contribution in [2.45, 2.75) is 53.8 Å². The predicted octanol–water partition coefficient (Wildman–Crippen LogP) is 5.23. The molecule has 0 saturated carbocycles. The SMILES string of the molecule is Cc1cc([C@H](Nc2c(Nc3ccc(F)c4c3C(=O)N(c3ccccc3CO)C4)c(=O)c2=O)C(C)(C)C)oc1C. The summed E-state index contributed by atoms with van der Waals surface area (Å²) in [5.74, 6) is 0.354. The number of para-hydroxylation sites is 1. The van der Waals surface area contributed by atoms with Crippen molar-refractivity contribution < 1.29 is 18.7 Å². The zero-order valence-corrected chi connectivity index (χ0v) is 22.4. The Hall–Kier alpha value is -4.24. The number of amides is 1. The van der Waals surface area contributed by atoms with Crippen molar-refractivity contribution in [1.82, 2.24) is 0 Å². The van der Waals surface area contributed by atoms with Gasteiger partial charge in [-0.3, -0.25) is 14.4 Å². The van der Waals surface area contributed by atoms with E-state index in [-0.39, 0.29) is 46.8 Å². The van der Waals surface area contributed by atoms with E-state index in [2.05, 4.69) is 10.6 Å². The number of benzene rings is 2. The molecule has 5 rings (SSSR count). The van der Waals surface area contributed by atoms with E-state index < -0.39 is 28.6 Å². The standard InChI is InChI=1S/C30H30FN3O5/c1-15-12-22(39-16(15)2)28(30(3,4)5)33-25-24(26(36)27(25)37)32-20-11-10-19(31)18-13-34(29(38)23(18)20)21-9-7-6-8-17(21)14-35/h6-12,28,32-33,35H,13-14H2,1-5H3/t28-/m0/s1. The van der Waals surface area contributed by atoms with E-state index in [0.29, 0.717) is 17.0 Å². The van der Waals surface area contributed by atoms with Gasteiger partial charge in [0.05, 0.1) is 30.4 Å². The fourth-order valence-corrected chi connectivity index (χ4v) is 4.98. The number of hydrogen-bond donors (Lipinski definition) is 3. The lowest BCUT2D eigenvalue weighted by molar-refractivity contribution is 0.0997. The van der Waals surface area contributed by atoms with Crippen LogP contribution < -0.4 is 26.4 Å². The Kier molecular flexibility index (Phi) is 6.42. The molecule has 0 saturated heterocycles. The quantitative estimate of drug-likeness (QED) is 0.280. The van der Waals surface area contributed by atoms with Gasteiger partial charge in [0.15, 0.2) is 0 Å². The predicted molar refractivity (Wildman–Crippen MR) is 148 cm³/mol. The van der Waals surface area contributed by atoms with Crippen LogP contribution in [0.2, 0.25) is 0 Å². The number of fused-ring (bicyclic) bond motifs is 1. The van der Waals surface area contributed by atoms with Gasteiger partial charge in [0.25, 0.3) is 16.8 Å². The van der Waals surface area contributed by atoms with Gasteiger partial charge in [-0.15, -0.1) is 0 Å². The first-order valence-electron chi connectivity index (χ1n) is 12.7. The first-order chi connectivity index (χ1) is 18.4. The van der Waals surface area contributed by atoms with Crippen LogP contribution in [0.15, 0.2) is 56.5 Å². The molecule has 3 aromatic carbocycles. The Balaban J connectivity index is 1.51. The Bertz CT molecular complexity index is 1650. The van der Waals surface area contributed by atoms with Crippen molar-refractivity contribution in [2.24, 2.45) is 5.41 Å². The van der Waals surface area contributed by atoms with Crippen LogP contribution in [-0.2, 0) is 13.2 Å². The Morgan fingerprint density at radius 3 is 2.38 bits per heavy atom. The van der Waals surface area contributed by atoms with Crippen LogP contribution in [0.4, 0.5) is 27.1 Å². The number of hydrogen-bond acceptors (Lipinski definition) is 7. The molecule has 1 aliphatic rings. The molecule has 4 aromatic rings. The molecule has 0 bridgehead atoms. The lowest BCUT2D eigenvalue weighted by atomic mass is 9.84. The number of aryl methyl sites for hydroxylation is 2. The molecule has 8 nitrogen and oxygen atoms in total. The van der Waals surface area contributed by atoms with Crippen molar-refractivity contribution in [2.75, 3.05) is 15.5 Å². The third-order valence-corrected chi connectivity index (χ3v) is 7.28. The van der Waals surface area contributed by atoms with E-state index in [1.165, 1.54) is 17.0 Å². The highest BCUT2D eigenvalue weighted by molar-refractivity contribution is 6.14. The van der Waals surface area contributed by atoms with Crippen LogP contribution in [0.3, 0.4) is 0 Å². The molecule has 0 fully saturated rings. The molecule has 1 aromatic heterocycles.